The second-order valence-corrected chi connectivity index (χ2v) is 4.73. The minimum atomic E-state index is -0.480. The van der Waals surface area contributed by atoms with Crippen molar-refractivity contribution in [2.24, 2.45) is 5.92 Å². The maximum Gasteiger partial charge on any atom is 0.251 e. The summed E-state index contributed by atoms with van der Waals surface area (Å²) in [6.07, 6.45) is 3.55. The van der Waals surface area contributed by atoms with Gasteiger partial charge in [-0.05, 0) is 43.9 Å². The molecule has 0 aliphatic heterocycles. The predicted octanol–water partition coefficient (Wildman–Crippen LogP) is 2.33. The van der Waals surface area contributed by atoms with Gasteiger partial charge in [-0.3, -0.25) is 4.79 Å². The van der Waals surface area contributed by atoms with Crippen LogP contribution in [0.3, 0.4) is 0 Å². The molecular formula is C13H17FN2O. The Labute approximate surface area is 100 Å². The quantitative estimate of drug-likeness (QED) is 0.791. The van der Waals surface area contributed by atoms with Crippen LogP contribution in [0.2, 0.25) is 0 Å². The summed E-state index contributed by atoms with van der Waals surface area (Å²) >= 11 is 0. The lowest BCUT2D eigenvalue weighted by Crippen LogP contribution is -2.40. The number of halogens is 1. The van der Waals surface area contributed by atoms with Crippen molar-refractivity contribution in [1.29, 1.82) is 0 Å². The normalized spacial score (nSPS) is 17.3. The lowest BCUT2D eigenvalue weighted by atomic mass is 9.80. The molecule has 3 nitrogen and oxygen atoms in total. The highest BCUT2D eigenvalue weighted by molar-refractivity contribution is 5.95. The van der Waals surface area contributed by atoms with Crippen LogP contribution in [0, 0.1) is 11.7 Å². The molecule has 2 rings (SSSR count). The van der Waals surface area contributed by atoms with Gasteiger partial charge in [0, 0.05) is 17.3 Å². The Morgan fingerprint density at radius 1 is 1.47 bits per heavy atom. The van der Waals surface area contributed by atoms with Crippen molar-refractivity contribution in [3.8, 4) is 0 Å². The Kier molecular flexibility index (Phi) is 3.31. The van der Waals surface area contributed by atoms with E-state index in [2.05, 4.69) is 5.32 Å². The largest absolute Gasteiger partial charge is 0.399 e. The molecule has 1 aromatic rings. The number of carbonyl (C=O) groups is 1. The molecule has 0 radical (unpaired) electrons. The monoisotopic (exact) mass is 236 g/mol. The average molecular weight is 236 g/mol. The summed E-state index contributed by atoms with van der Waals surface area (Å²) in [5, 5.41) is 2.89. The Hall–Kier alpha value is -1.58. The number of anilines is 1. The molecule has 17 heavy (non-hydrogen) atoms. The van der Waals surface area contributed by atoms with Crippen LogP contribution in [0.4, 0.5) is 10.1 Å². The third-order valence-corrected chi connectivity index (χ3v) is 3.40. The molecule has 1 aliphatic carbocycles. The maximum atomic E-state index is 13.1. The molecule has 3 N–H and O–H groups in total. The van der Waals surface area contributed by atoms with Gasteiger partial charge in [-0.25, -0.2) is 4.39 Å². The summed E-state index contributed by atoms with van der Waals surface area (Å²) in [6, 6.07) is 4.04. The molecule has 1 fully saturated rings. The zero-order valence-electron chi connectivity index (χ0n) is 9.87. The number of benzene rings is 1. The smallest absolute Gasteiger partial charge is 0.251 e. The van der Waals surface area contributed by atoms with Crippen LogP contribution in [0.25, 0.3) is 0 Å². The van der Waals surface area contributed by atoms with Crippen LogP contribution in [0.1, 0.15) is 36.5 Å². The highest BCUT2D eigenvalue weighted by atomic mass is 19.1. The molecule has 4 heteroatoms. The molecule has 0 bridgehead atoms. The summed E-state index contributed by atoms with van der Waals surface area (Å²) in [5.74, 6) is -0.174. The first kappa shape index (κ1) is 11.9. The molecule has 1 atom stereocenters. The summed E-state index contributed by atoms with van der Waals surface area (Å²) in [4.78, 5) is 11.9. The van der Waals surface area contributed by atoms with Gasteiger partial charge >= 0.3 is 0 Å². The first-order valence-electron chi connectivity index (χ1n) is 5.93. The van der Waals surface area contributed by atoms with Crippen LogP contribution < -0.4 is 11.1 Å². The van der Waals surface area contributed by atoms with Crippen LogP contribution in [0.5, 0.6) is 0 Å². The summed E-state index contributed by atoms with van der Waals surface area (Å²) in [5.41, 5.74) is 6.06. The van der Waals surface area contributed by atoms with Crippen LogP contribution in [0.15, 0.2) is 18.2 Å². The zero-order chi connectivity index (χ0) is 12.4. The van der Waals surface area contributed by atoms with Crippen molar-refractivity contribution in [2.75, 3.05) is 5.73 Å². The van der Waals surface area contributed by atoms with Gasteiger partial charge in [-0.15, -0.1) is 0 Å². The molecule has 0 heterocycles. The van der Waals surface area contributed by atoms with E-state index in [1.807, 2.05) is 6.92 Å². The van der Waals surface area contributed by atoms with E-state index in [0.29, 0.717) is 5.92 Å². The molecule has 92 valence electrons. The number of carbonyl (C=O) groups excluding carboxylic acids is 1. The molecule has 0 spiro atoms. The molecule has 1 aromatic carbocycles. The highest BCUT2D eigenvalue weighted by Crippen LogP contribution is 2.29. The molecule has 0 saturated heterocycles. The van der Waals surface area contributed by atoms with Crippen molar-refractivity contribution >= 4 is 11.6 Å². The summed E-state index contributed by atoms with van der Waals surface area (Å²) in [7, 11) is 0. The number of nitrogens with two attached hydrogens (primary N) is 1. The number of rotatable bonds is 3. The molecule has 1 amide bonds. The first-order chi connectivity index (χ1) is 8.06. The van der Waals surface area contributed by atoms with Crippen LogP contribution in [-0.4, -0.2) is 11.9 Å². The van der Waals surface area contributed by atoms with Gasteiger partial charge in [0.15, 0.2) is 0 Å². The number of hydrogen-bond acceptors (Lipinski definition) is 2. The number of nitrogen functional groups attached to an aromatic ring is 1. The van der Waals surface area contributed by atoms with Gasteiger partial charge in [0.1, 0.15) is 5.82 Å². The summed E-state index contributed by atoms with van der Waals surface area (Å²) < 4.78 is 13.1. The lowest BCUT2D eigenvalue weighted by molar-refractivity contribution is 0.0909. The number of amides is 1. The van der Waals surface area contributed by atoms with E-state index in [1.165, 1.54) is 24.6 Å². The van der Waals surface area contributed by atoms with Crippen molar-refractivity contribution in [1.82, 2.24) is 5.32 Å². The van der Waals surface area contributed by atoms with Crippen molar-refractivity contribution < 1.29 is 9.18 Å². The topological polar surface area (TPSA) is 55.1 Å². The summed E-state index contributed by atoms with van der Waals surface area (Å²) in [6.45, 7) is 1.99. The van der Waals surface area contributed by atoms with E-state index in [0.717, 1.165) is 12.8 Å². The minimum absolute atomic E-state index is 0.140. The van der Waals surface area contributed by atoms with Gasteiger partial charge in [-0.2, -0.15) is 0 Å². The Bertz CT molecular complexity index is 409. The minimum Gasteiger partial charge on any atom is -0.399 e. The Morgan fingerprint density at radius 3 is 2.71 bits per heavy atom. The van der Waals surface area contributed by atoms with Gasteiger partial charge in [-0.1, -0.05) is 6.42 Å². The van der Waals surface area contributed by atoms with Crippen molar-refractivity contribution in [2.45, 2.75) is 32.2 Å². The second-order valence-electron chi connectivity index (χ2n) is 4.73. The SMILES string of the molecule is CC(NC(=O)c1cc(N)cc(F)c1)C1CCC1. The molecule has 1 aliphatic rings. The fourth-order valence-corrected chi connectivity index (χ4v) is 2.09. The molecule has 1 saturated carbocycles. The van der Waals surface area contributed by atoms with Gasteiger partial charge in [0.2, 0.25) is 0 Å². The molecule has 0 aromatic heterocycles. The van der Waals surface area contributed by atoms with Crippen LogP contribution >= 0.6 is 0 Å². The molecular weight excluding hydrogens is 219 g/mol. The van der Waals surface area contributed by atoms with Crippen LogP contribution in [-0.2, 0) is 0 Å². The lowest BCUT2D eigenvalue weighted by Gasteiger charge is -2.31. The third kappa shape index (κ3) is 2.75. The van der Waals surface area contributed by atoms with E-state index >= 15 is 0 Å². The van der Waals surface area contributed by atoms with E-state index < -0.39 is 5.82 Å². The highest BCUT2D eigenvalue weighted by Gasteiger charge is 2.25. The maximum absolute atomic E-state index is 13.1. The second kappa shape index (κ2) is 4.73. The predicted molar refractivity (Wildman–Crippen MR) is 65.1 cm³/mol. The Morgan fingerprint density at radius 2 is 2.18 bits per heavy atom. The van der Waals surface area contributed by atoms with Crippen molar-refractivity contribution in [3.05, 3.63) is 29.6 Å². The fraction of sp³-hybridized carbons (Fsp3) is 0.462. The molecule has 1 unspecified atom stereocenters. The first-order valence-corrected chi connectivity index (χ1v) is 5.93. The van der Waals surface area contributed by atoms with E-state index in [-0.39, 0.29) is 23.2 Å². The van der Waals surface area contributed by atoms with E-state index in [4.69, 9.17) is 5.73 Å². The van der Waals surface area contributed by atoms with Gasteiger partial charge < -0.3 is 11.1 Å². The fourth-order valence-electron chi connectivity index (χ4n) is 2.09. The van der Waals surface area contributed by atoms with Gasteiger partial charge in [0.25, 0.3) is 5.91 Å². The van der Waals surface area contributed by atoms with Crippen molar-refractivity contribution in [3.63, 3.8) is 0 Å². The number of hydrogen-bond donors (Lipinski definition) is 2. The zero-order valence-corrected chi connectivity index (χ0v) is 9.87. The van der Waals surface area contributed by atoms with E-state index in [1.54, 1.807) is 0 Å². The Balaban J connectivity index is 2.03. The van der Waals surface area contributed by atoms with Gasteiger partial charge in [0.05, 0.1) is 0 Å². The standard InChI is InChI=1S/C13H17FN2O/c1-8(9-3-2-4-9)16-13(17)10-5-11(14)7-12(15)6-10/h5-9H,2-4,15H2,1H3,(H,16,17). The average Bonchev–Trinajstić information content (AvgIpc) is 2.12. The number of nitrogens with one attached hydrogen (secondary N) is 1. The third-order valence-electron chi connectivity index (χ3n) is 3.40. The van der Waals surface area contributed by atoms with E-state index in [9.17, 15) is 9.18 Å².